The monoisotopic (exact) mass is 410 g/mol. The average molecular weight is 411 g/mol. The molecule has 0 spiro atoms. The van der Waals surface area contributed by atoms with E-state index in [1.807, 2.05) is 54.3 Å². The Morgan fingerprint density at radius 2 is 2.10 bits per heavy atom. The molecule has 6 heteroatoms. The summed E-state index contributed by atoms with van der Waals surface area (Å²) in [5.74, 6) is 0.911. The number of amides is 2. The molecule has 0 aliphatic carbocycles. The van der Waals surface area contributed by atoms with Crippen molar-refractivity contribution in [1.29, 1.82) is 0 Å². The Hall–Kier alpha value is -2.31. The van der Waals surface area contributed by atoms with Gasteiger partial charge in [-0.3, -0.25) is 9.59 Å². The summed E-state index contributed by atoms with van der Waals surface area (Å²) in [6.45, 7) is 3.58. The molecule has 29 heavy (non-hydrogen) atoms. The summed E-state index contributed by atoms with van der Waals surface area (Å²) < 4.78 is 5.70. The van der Waals surface area contributed by atoms with Crippen molar-refractivity contribution >= 4 is 35.0 Å². The Morgan fingerprint density at radius 3 is 2.83 bits per heavy atom. The summed E-state index contributed by atoms with van der Waals surface area (Å²) in [7, 11) is 0. The Balaban J connectivity index is 1.45. The van der Waals surface area contributed by atoms with Crippen molar-refractivity contribution in [1.82, 2.24) is 0 Å². The molecule has 2 aromatic rings. The van der Waals surface area contributed by atoms with E-state index in [1.54, 1.807) is 11.8 Å². The molecule has 1 unspecified atom stereocenters. The van der Waals surface area contributed by atoms with Crippen LogP contribution in [-0.4, -0.2) is 36.8 Å². The summed E-state index contributed by atoms with van der Waals surface area (Å²) in [5, 5.41) is 3.01. The van der Waals surface area contributed by atoms with E-state index >= 15 is 0 Å². The number of nitrogens with zero attached hydrogens (tertiary/aromatic N) is 1. The van der Waals surface area contributed by atoms with E-state index in [-0.39, 0.29) is 17.9 Å². The SMILES string of the molecule is Cc1cc(NC(=O)c2ccccc2SCC2CCCO2)ccc1N1CCCC1=O. The number of thioether (sulfide) groups is 1. The normalized spacial score (nSPS) is 19.0. The van der Waals surface area contributed by atoms with Crippen LogP contribution in [0, 0.1) is 6.92 Å². The van der Waals surface area contributed by atoms with Crippen LogP contribution in [0.3, 0.4) is 0 Å². The molecule has 2 heterocycles. The fourth-order valence-electron chi connectivity index (χ4n) is 3.88. The van der Waals surface area contributed by atoms with Crippen LogP contribution < -0.4 is 10.2 Å². The standard InChI is InChI=1S/C23H26N2O3S/c1-16-14-17(10-11-20(16)25-12-4-9-22(25)26)24-23(27)19-7-2-3-8-21(19)29-15-18-6-5-13-28-18/h2-3,7-8,10-11,14,18H,4-6,9,12-13,15H2,1H3,(H,24,27). The van der Waals surface area contributed by atoms with Crippen LogP contribution in [0.2, 0.25) is 0 Å². The van der Waals surface area contributed by atoms with E-state index in [9.17, 15) is 9.59 Å². The second kappa shape index (κ2) is 9.01. The van der Waals surface area contributed by atoms with E-state index in [2.05, 4.69) is 5.32 Å². The first-order valence-corrected chi connectivity index (χ1v) is 11.2. The quantitative estimate of drug-likeness (QED) is 0.705. The van der Waals surface area contributed by atoms with Crippen molar-refractivity contribution in [2.45, 2.75) is 43.6 Å². The zero-order valence-corrected chi connectivity index (χ0v) is 17.5. The lowest BCUT2D eigenvalue weighted by atomic mass is 10.1. The minimum Gasteiger partial charge on any atom is -0.377 e. The lowest BCUT2D eigenvalue weighted by molar-refractivity contribution is -0.117. The van der Waals surface area contributed by atoms with Gasteiger partial charge >= 0.3 is 0 Å². The number of anilines is 2. The van der Waals surface area contributed by atoms with Crippen LogP contribution in [-0.2, 0) is 9.53 Å². The van der Waals surface area contributed by atoms with Crippen molar-refractivity contribution in [3.05, 3.63) is 53.6 Å². The van der Waals surface area contributed by atoms with Gasteiger partial charge in [0.1, 0.15) is 0 Å². The molecule has 2 amide bonds. The fourth-order valence-corrected chi connectivity index (χ4v) is 5.00. The average Bonchev–Trinajstić information content (AvgIpc) is 3.38. The largest absolute Gasteiger partial charge is 0.377 e. The summed E-state index contributed by atoms with van der Waals surface area (Å²) >= 11 is 1.68. The first-order valence-electron chi connectivity index (χ1n) is 10.2. The Bertz CT molecular complexity index is 909. The molecule has 5 nitrogen and oxygen atoms in total. The number of hydrogen-bond acceptors (Lipinski definition) is 4. The van der Waals surface area contributed by atoms with Gasteiger partial charge in [0.15, 0.2) is 0 Å². The lowest BCUT2D eigenvalue weighted by Gasteiger charge is -2.19. The van der Waals surface area contributed by atoms with Crippen molar-refractivity contribution in [2.24, 2.45) is 0 Å². The van der Waals surface area contributed by atoms with Gasteiger partial charge in [-0.1, -0.05) is 12.1 Å². The van der Waals surface area contributed by atoms with Crippen molar-refractivity contribution in [2.75, 3.05) is 29.1 Å². The maximum absolute atomic E-state index is 12.9. The maximum atomic E-state index is 12.9. The van der Waals surface area contributed by atoms with E-state index in [0.29, 0.717) is 12.0 Å². The zero-order chi connectivity index (χ0) is 20.2. The van der Waals surface area contributed by atoms with Crippen LogP contribution in [0.25, 0.3) is 0 Å². The molecule has 152 valence electrons. The third-order valence-electron chi connectivity index (χ3n) is 5.40. The first kappa shape index (κ1) is 20.0. The van der Waals surface area contributed by atoms with Gasteiger partial charge in [0, 0.05) is 41.6 Å². The van der Waals surface area contributed by atoms with Gasteiger partial charge in [-0.2, -0.15) is 0 Å². The van der Waals surface area contributed by atoms with Gasteiger partial charge in [-0.05, 0) is 62.1 Å². The second-order valence-electron chi connectivity index (χ2n) is 7.55. The lowest BCUT2D eigenvalue weighted by Crippen LogP contribution is -2.24. The number of carbonyl (C=O) groups is 2. The molecule has 1 N–H and O–H groups in total. The second-order valence-corrected chi connectivity index (χ2v) is 8.61. The predicted molar refractivity (Wildman–Crippen MR) is 117 cm³/mol. The Labute approximate surface area is 175 Å². The number of rotatable bonds is 6. The Kier molecular flexibility index (Phi) is 6.21. The molecular weight excluding hydrogens is 384 g/mol. The summed E-state index contributed by atoms with van der Waals surface area (Å²) in [6.07, 6.45) is 3.99. The molecule has 1 atom stereocenters. The minimum atomic E-state index is -0.121. The number of hydrogen-bond donors (Lipinski definition) is 1. The van der Waals surface area contributed by atoms with Crippen LogP contribution in [0.15, 0.2) is 47.4 Å². The number of nitrogens with one attached hydrogen (secondary N) is 1. The van der Waals surface area contributed by atoms with E-state index in [4.69, 9.17) is 4.74 Å². The van der Waals surface area contributed by atoms with E-state index < -0.39 is 0 Å². The van der Waals surface area contributed by atoms with Crippen LogP contribution in [0.5, 0.6) is 0 Å². The van der Waals surface area contributed by atoms with Crippen LogP contribution >= 0.6 is 11.8 Å². The zero-order valence-electron chi connectivity index (χ0n) is 16.6. The molecule has 0 radical (unpaired) electrons. The summed E-state index contributed by atoms with van der Waals surface area (Å²) in [4.78, 5) is 27.7. The third-order valence-corrected chi connectivity index (χ3v) is 6.60. The molecule has 2 saturated heterocycles. The number of carbonyl (C=O) groups excluding carboxylic acids is 2. The molecule has 0 aromatic heterocycles. The van der Waals surface area contributed by atoms with Gasteiger partial charge in [0.2, 0.25) is 5.91 Å². The highest BCUT2D eigenvalue weighted by Crippen LogP contribution is 2.29. The highest BCUT2D eigenvalue weighted by atomic mass is 32.2. The first-order chi connectivity index (χ1) is 14.1. The van der Waals surface area contributed by atoms with Crippen molar-refractivity contribution in [3.63, 3.8) is 0 Å². The number of benzene rings is 2. The van der Waals surface area contributed by atoms with Crippen LogP contribution in [0.1, 0.15) is 41.6 Å². The fraction of sp³-hybridized carbons (Fsp3) is 0.391. The predicted octanol–water partition coefficient (Wildman–Crippen LogP) is 4.65. The van der Waals surface area contributed by atoms with Gasteiger partial charge in [-0.25, -0.2) is 0 Å². The molecule has 2 fully saturated rings. The molecule has 2 aliphatic heterocycles. The van der Waals surface area contributed by atoms with Gasteiger partial charge in [-0.15, -0.1) is 11.8 Å². The molecule has 2 aliphatic rings. The highest BCUT2D eigenvalue weighted by molar-refractivity contribution is 7.99. The van der Waals surface area contributed by atoms with Gasteiger partial charge < -0.3 is 15.0 Å². The summed E-state index contributed by atoms with van der Waals surface area (Å²) in [6, 6.07) is 13.4. The van der Waals surface area contributed by atoms with E-state index in [0.717, 1.165) is 60.0 Å². The minimum absolute atomic E-state index is 0.121. The van der Waals surface area contributed by atoms with Crippen LogP contribution in [0.4, 0.5) is 11.4 Å². The highest BCUT2D eigenvalue weighted by Gasteiger charge is 2.23. The number of aryl methyl sites for hydroxylation is 1. The van der Waals surface area contributed by atoms with Gasteiger partial charge in [0.05, 0.1) is 11.7 Å². The maximum Gasteiger partial charge on any atom is 0.256 e. The topological polar surface area (TPSA) is 58.6 Å². The van der Waals surface area contributed by atoms with Crippen molar-refractivity contribution < 1.29 is 14.3 Å². The molecule has 0 bridgehead atoms. The Morgan fingerprint density at radius 1 is 1.24 bits per heavy atom. The smallest absolute Gasteiger partial charge is 0.256 e. The third kappa shape index (κ3) is 4.65. The van der Waals surface area contributed by atoms with Crippen molar-refractivity contribution in [3.8, 4) is 0 Å². The molecule has 0 saturated carbocycles. The summed E-state index contributed by atoms with van der Waals surface area (Å²) in [5.41, 5.74) is 3.32. The molecule has 4 rings (SSSR count). The number of ether oxygens (including phenoxy) is 1. The van der Waals surface area contributed by atoms with E-state index in [1.165, 1.54) is 0 Å². The molecule has 2 aromatic carbocycles. The van der Waals surface area contributed by atoms with Gasteiger partial charge in [0.25, 0.3) is 5.91 Å². The molecular formula is C23H26N2O3S.